The Morgan fingerprint density at radius 2 is 1.83 bits per heavy atom. The highest BCUT2D eigenvalue weighted by atomic mass is 16.4. The van der Waals surface area contributed by atoms with Crippen LogP contribution in [-0.2, 0) is 4.79 Å². The Morgan fingerprint density at radius 1 is 1.22 bits per heavy atom. The summed E-state index contributed by atoms with van der Waals surface area (Å²) >= 11 is 0. The molecule has 2 rings (SSSR count). The average molecular weight is 254 g/mol. The van der Waals surface area contributed by atoms with Crippen molar-refractivity contribution in [1.29, 1.82) is 0 Å². The summed E-state index contributed by atoms with van der Waals surface area (Å²) in [5, 5.41) is 12.3. The number of amides is 2. The standard InChI is InChI=1S/C13H22N2O3/c1-13(2,3)10-9(6-7-15(10)12(17)18)14-11(16)8-4-5-8/h8-10H,4-7H2,1-3H3,(H,14,16)(H,17,18). The molecule has 0 aromatic rings. The van der Waals surface area contributed by atoms with Crippen molar-refractivity contribution in [3.63, 3.8) is 0 Å². The fraction of sp³-hybridized carbons (Fsp3) is 0.846. The summed E-state index contributed by atoms with van der Waals surface area (Å²) in [6, 6.07) is -0.188. The molecular weight excluding hydrogens is 232 g/mol. The Balaban J connectivity index is 2.09. The van der Waals surface area contributed by atoms with Crippen molar-refractivity contribution in [2.45, 2.75) is 52.1 Å². The van der Waals surface area contributed by atoms with Gasteiger partial charge in [0, 0.05) is 12.5 Å². The summed E-state index contributed by atoms with van der Waals surface area (Å²) in [6.07, 6.45) is 1.77. The van der Waals surface area contributed by atoms with E-state index < -0.39 is 6.09 Å². The molecule has 0 radical (unpaired) electrons. The lowest BCUT2D eigenvalue weighted by molar-refractivity contribution is -0.123. The summed E-state index contributed by atoms with van der Waals surface area (Å²) in [4.78, 5) is 24.6. The van der Waals surface area contributed by atoms with Gasteiger partial charge in [-0.05, 0) is 24.7 Å². The quantitative estimate of drug-likeness (QED) is 0.787. The molecule has 0 aromatic carbocycles. The van der Waals surface area contributed by atoms with Crippen molar-refractivity contribution in [3.05, 3.63) is 0 Å². The average Bonchev–Trinajstić information content (AvgIpc) is 2.98. The fourth-order valence-electron chi connectivity index (χ4n) is 2.88. The summed E-state index contributed by atoms with van der Waals surface area (Å²) in [6.45, 7) is 6.58. The van der Waals surface area contributed by atoms with E-state index in [4.69, 9.17) is 0 Å². The van der Waals surface area contributed by atoms with Crippen molar-refractivity contribution in [2.24, 2.45) is 11.3 Å². The molecule has 5 heteroatoms. The smallest absolute Gasteiger partial charge is 0.407 e. The predicted octanol–water partition coefficient (Wildman–Crippen LogP) is 1.68. The highest BCUT2D eigenvalue weighted by Crippen LogP contribution is 2.34. The molecule has 1 saturated carbocycles. The molecule has 1 saturated heterocycles. The Morgan fingerprint density at radius 3 is 2.28 bits per heavy atom. The first-order valence-electron chi connectivity index (χ1n) is 6.60. The number of carbonyl (C=O) groups is 2. The van der Waals surface area contributed by atoms with Crippen LogP contribution in [0.4, 0.5) is 4.79 Å². The lowest BCUT2D eigenvalue weighted by Gasteiger charge is -2.37. The van der Waals surface area contributed by atoms with Crippen LogP contribution >= 0.6 is 0 Å². The zero-order chi connectivity index (χ0) is 13.5. The van der Waals surface area contributed by atoms with Crippen LogP contribution in [0.2, 0.25) is 0 Å². The van der Waals surface area contributed by atoms with Gasteiger partial charge in [0.25, 0.3) is 0 Å². The second-order valence-electron chi connectivity index (χ2n) is 6.46. The summed E-state index contributed by atoms with van der Waals surface area (Å²) < 4.78 is 0. The number of hydrogen-bond acceptors (Lipinski definition) is 2. The van der Waals surface area contributed by atoms with Gasteiger partial charge < -0.3 is 15.3 Å². The molecule has 2 unspecified atom stereocenters. The number of nitrogens with one attached hydrogen (secondary N) is 1. The molecule has 2 fully saturated rings. The molecule has 102 valence electrons. The number of carbonyl (C=O) groups excluding carboxylic acids is 1. The topological polar surface area (TPSA) is 69.6 Å². The molecule has 2 N–H and O–H groups in total. The molecule has 0 aromatic heterocycles. The lowest BCUT2D eigenvalue weighted by atomic mass is 9.82. The van der Waals surface area contributed by atoms with Crippen molar-refractivity contribution in [3.8, 4) is 0 Å². The SMILES string of the molecule is CC(C)(C)C1C(NC(=O)C2CC2)CCN1C(=O)O. The van der Waals surface area contributed by atoms with Crippen LogP contribution < -0.4 is 5.32 Å². The minimum atomic E-state index is -0.891. The maximum Gasteiger partial charge on any atom is 0.407 e. The minimum Gasteiger partial charge on any atom is -0.465 e. The number of hydrogen-bond donors (Lipinski definition) is 2. The van der Waals surface area contributed by atoms with E-state index in [1.54, 1.807) is 0 Å². The van der Waals surface area contributed by atoms with Gasteiger partial charge in [-0.2, -0.15) is 0 Å². The van der Waals surface area contributed by atoms with Gasteiger partial charge in [-0.1, -0.05) is 20.8 Å². The zero-order valence-electron chi connectivity index (χ0n) is 11.3. The largest absolute Gasteiger partial charge is 0.465 e. The number of rotatable bonds is 2. The van der Waals surface area contributed by atoms with Crippen LogP contribution in [0.5, 0.6) is 0 Å². The van der Waals surface area contributed by atoms with Gasteiger partial charge in [0.15, 0.2) is 0 Å². The van der Waals surface area contributed by atoms with E-state index in [9.17, 15) is 14.7 Å². The summed E-state index contributed by atoms with van der Waals surface area (Å²) in [5.41, 5.74) is -0.170. The third kappa shape index (κ3) is 2.60. The van der Waals surface area contributed by atoms with Crippen molar-refractivity contribution >= 4 is 12.0 Å². The summed E-state index contributed by atoms with van der Waals surface area (Å²) in [5.74, 6) is 0.269. The van der Waals surface area contributed by atoms with Crippen molar-refractivity contribution in [2.75, 3.05) is 6.54 Å². The molecule has 1 heterocycles. The van der Waals surface area contributed by atoms with E-state index in [0.29, 0.717) is 13.0 Å². The van der Waals surface area contributed by atoms with Gasteiger partial charge in [-0.25, -0.2) is 4.79 Å². The molecule has 0 spiro atoms. The normalized spacial score (nSPS) is 28.3. The van der Waals surface area contributed by atoms with E-state index >= 15 is 0 Å². The lowest BCUT2D eigenvalue weighted by Crippen LogP contribution is -2.53. The monoisotopic (exact) mass is 254 g/mol. The van der Waals surface area contributed by atoms with Crippen LogP contribution in [0.15, 0.2) is 0 Å². The molecule has 18 heavy (non-hydrogen) atoms. The van der Waals surface area contributed by atoms with Gasteiger partial charge in [0.2, 0.25) is 5.91 Å². The van der Waals surface area contributed by atoms with Gasteiger partial charge in [-0.15, -0.1) is 0 Å². The minimum absolute atomic E-state index is 0.0470. The van der Waals surface area contributed by atoms with E-state index in [2.05, 4.69) is 5.32 Å². The third-order valence-corrected chi connectivity index (χ3v) is 3.81. The molecule has 2 aliphatic rings. The van der Waals surface area contributed by atoms with Crippen molar-refractivity contribution < 1.29 is 14.7 Å². The van der Waals surface area contributed by atoms with E-state index in [0.717, 1.165) is 12.8 Å². The van der Waals surface area contributed by atoms with E-state index in [1.807, 2.05) is 20.8 Å². The van der Waals surface area contributed by atoms with Crippen LogP contribution in [-0.4, -0.2) is 40.6 Å². The first-order valence-corrected chi connectivity index (χ1v) is 6.60. The van der Waals surface area contributed by atoms with Gasteiger partial charge in [0.1, 0.15) is 0 Å². The van der Waals surface area contributed by atoms with E-state index in [1.165, 1.54) is 4.90 Å². The first kappa shape index (κ1) is 13.2. The molecule has 0 bridgehead atoms. The van der Waals surface area contributed by atoms with Gasteiger partial charge in [0.05, 0.1) is 12.1 Å². The molecule has 2 amide bonds. The zero-order valence-corrected chi connectivity index (χ0v) is 11.3. The highest BCUT2D eigenvalue weighted by Gasteiger charge is 2.45. The summed E-state index contributed by atoms with van der Waals surface area (Å²) in [7, 11) is 0. The Hall–Kier alpha value is -1.26. The van der Waals surface area contributed by atoms with Crippen LogP contribution in [0, 0.1) is 11.3 Å². The van der Waals surface area contributed by atoms with E-state index in [-0.39, 0.29) is 29.3 Å². The Bertz CT molecular complexity index is 358. The van der Waals surface area contributed by atoms with Crippen LogP contribution in [0.25, 0.3) is 0 Å². The Kier molecular flexibility index (Phi) is 3.25. The first-order chi connectivity index (χ1) is 8.30. The number of carboxylic acid groups (broad SMARTS) is 1. The second-order valence-corrected chi connectivity index (χ2v) is 6.46. The molecular formula is C13H22N2O3. The van der Waals surface area contributed by atoms with Crippen molar-refractivity contribution in [1.82, 2.24) is 10.2 Å². The van der Waals surface area contributed by atoms with Gasteiger partial charge >= 0.3 is 6.09 Å². The molecule has 1 aliphatic heterocycles. The predicted molar refractivity (Wildman–Crippen MR) is 67.2 cm³/mol. The van der Waals surface area contributed by atoms with Crippen LogP contribution in [0.3, 0.4) is 0 Å². The second kappa shape index (κ2) is 4.44. The third-order valence-electron chi connectivity index (χ3n) is 3.81. The van der Waals surface area contributed by atoms with Crippen LogP contribution in [0.1, 0.15) is 40.0 Å². The maximum atomic E-state index is 11.8. The Labute approximate surface area is 108 Å². The number of likely N-dealkylation sites (tertiary alicyclic amines) is 1. The highest BCUT2D eigenvalue weighted by molar-refractivity contribution is 5.81. The molecule has 5 nitrogen and oxygen atoms in total. The maximum absolute atomic E-state index is 11.8. The number of nitrogens with zero attached hydrogens (tertiary/aromatic N) is 1. The molecule has 1 aliphatic carbocycles. The molecule has 2 atom stereocenters. The van der Waals surface area contributed by atoms with Gasteiger partial charge in [-0.3, -0.25) is 4.79 Å². The fourth-order valence-corrected chi connectivity index (χ4v) is 2.88.